The molecular weight excluding hydrogens is 384 g/mol. The lowest BCUT2D eigenvalue weighted by Gasteiger charge is -2.42. The third kappa shape index (κ3) is 5.27. The Morgan fingerprint density at radius 1 is 1.31 bits per heavy atom. The molecule has 1 saturated heterocycles. The van der Waals surface area contributed by atoms with Crippen molar-refractivity contribution in [3.63, 3.8) is 0 Å². The molecule has 0 bridgehead atoms. The molecule has 1 aromatic carbocycles. The van der Waals surface area contributed by atoms with Gasteiger partial charge in [-0.2, -0.15) is 5.26 Å². The Bertz CT molecular complexity index is 889. The highest BCUT2D eigenvalue weighted by Gasteiger charge is 2.31. The van der Waals surface area contributed by atoms with E-state index in [0.29, 0.717) is 25.6 Å². The van der Waals surface area contributed by atoms with Gasteiger partial charge in [0.1, 0.15) is 0 Å². The molecule has 2 amide bonds. The molecule has 2 heterocycles. The largest absolute Gasteiger partial charge is 0.338 e. The Labute approximate surface area is 175 Å². The lowest BCUT2D eigenvalue weighted by molar-refractivity contribution is 0.129. The van der Waals surface area contributed by atoms with Crippen LogP contribution in [0.1, 0.15) is 25.3 Å². The topological polar surface area (TPSA) is 83.8 Å². The number of nitrogens with one attached hydrogen (secondary N) is 2. The molecule has 0 spiro atoms. The maximum absolute atomic E-state index is 12.8. The number of carbonyl (C=O) groups excluding carboxylic acids is 1. The summed E-state index contributed by atoms with van der Waals surface area (Å²) in [6, 6.07) is 11.6. The number of carbonyl (C=O) groups is 1. The van der Waals surface area contributed by atoms with Crippen LogP contribution in [0.2, 0.25) is 0 Å². The minimum Gasteiger partial charge on any atom is -0.338 e. The lowest BCUT2D eigenvalue weighted by Crippen LogP contribution is -2.59. The van der Waals surface area contributed by atoms with E-state index < -0.39 is 0 Å². The van der Waals surface area contributed by atoms with Gasteiger partial charge in [0.25, 0.3) is 0 Å². The van der Waals surface area contributed by atoms with Gasteiger partial charge in [0, 0.05) is 19.6 Å². The highest BCUT2D eigenvalue weighted by molar-refractivity contribution is 7.14. The number of urea groups is 1. The van der Waals surface area contributed by atoms with E-state index >= 15 is 0 Å². The number of thiophene rings is 1. The molecule has 1 aromatic heterocycles. The molecule has 1 aliphatic rings. The average molecular weight is 411 g/mol. The minimum atomic E-state index is -0.0730. The number of piperazine rings is 1. The summed E-state index contributed by atoms with van der Waals surface area (Å²) < 4.78 is 0. The normalized spacial score (nSPS) is 17.0. The van der Waals surface area contributed by atoms with Crippen molar-refractivity contribution >= 4 is 34.0 Å². The second kappa shape index (κ2) is 9.94. The number of benzene rings is 1. The Hall–Kier alpha value is -3.05. The summed E-state index contributed by atoms with van der Waals surface area (Å²) in [5.74, 6) is 0.529. The van der Waals surface area contributed by atoms with E-state index in [-0.39, 0.29) is 12.1 Å². The molecule has 0 aliphatic carbocycles. The first-order chi connectivity index (χ1) is 14.1. The van der Waals surface area contributed by atoms with E-state index in [1.165, 1.54) is 11.3 Å². The molecule has 0 saturated carbocycles. The number of hydrogen-bond donors (Lipinski definition) is 2. The molecule has 2 aromatic rings. The first kappa shape index (κ1) is 20.7. The van der Waals surface area contributed by atoms with Crippen molar-refractivity contribution in [2.24, 2.45) is 4.99 Å². The predicted octanol–water partition coefficient (Wildman–Crippen LogP) is 4.13. The standard InChI is InChI=1S/C21H26N6OS/c1-3-7-17-14-26(11-12-27(17)21(28)25-19-10-6-13-29-19)20(23-15-22)24-18-9-5-4-8-16(18)2/h4-6,8-10,13,17H,3,7,11-12,14H2,1-2H3,(H,23,24)(H,25,28). The fourth-order valence-corrected chi connectivity index (χ4v) is 4.06. The molecular formula is C21H26N6OS. The molecule has 1 fully saturated rings. The van der Waals surface area contributed by atoms with Crippen LogP contribution in [0.5, 0.6) is 0 Å². The van der Waals surface area contributed by atoms with Crippen LogP contribution >= 0.6 is 11.3 Å². The number of anilines is 1. The van der Waals surface area contributed by atoms with Crippen LogP contribution in [0.4, 0.5) is 15.5 Å². The predicted molar refractivity (Wildman–Crippen MR) is 117 cm³/mol. The molecule has 29 heavy (non-hydrogen) atoms. The zero-order chi connectivity index (χ0) is 20.6. The van der Waals surface area contributed by atoms with E-state index in [1.54, 1.807) is 0 Å². The van der Waals surface area contributed by atoms with Crippen molar-refractivity contribution in [2.45, 2.75) is 32.7 Å². The molecule has 1 atom stereocenters. The summed E-state index contributed by atoms with van der Waals surface area (Å²) in [5.41, 5.74) is 1.87. The summed E-state index contributed by atoms with van der Waals surface area (Å²) in [7, 11) is 0. The first-order valence-electron chi connectivity index (χ1n) is 9.78. The third-order valence-electron chi connectivity index (χ3n) is 4.93. The zero-order valence-electron chi connectivity index (χ0n) is 16.8. The van der Waals surface area contributed by atoms with Crippen LogP contribution in [0.3, 0.4) is 0 Å². The van der Waals surface area contributed by atoms with E-state index in [4.69, 9.17) is 0 Å². The van der Waals surface area contributed by atoms with Crippen molar-refractivity contribution in [2.75, 3.05) is 25.0 Å². The molecule has 3 rings (SSSR count). The van der Waals surface area contributed by atoms with Gasteiger partial charge < -0.3 is 9.80 Å². The Balaban J connectivity index is 1.76. The maximum Gasteiger partial charge on any atom is 0.322 e. The summed E-state index contributed by atoms with van der Waals surface area (Å²) in [6.07, 6.45) is 3.86. The van der Waals surface area contributed by atoms with Gasteiger partial charge in [-0.25, -0.2) is 9.79 Å². The number of hydrogen-bond acceptors (Lipinski definition) is 4. The summed E-state index contributed by atoms with van der Waals surface area (Å²) in [5, 5.41) is 17.7. The van der Waals surface area contributed by atoms with Gasteiger partial charge in [0.05, 0.1) is 16.7 Å². The minimum absolute atomic E-state index is 0.0521. The molecule has 8 heteroatoms. The Kier molecular flexibility index (Phi) is 7.09. The van der Waals surface area contributed by atoms with Crippen LogP contribution in [0, 0.1) is 18.4 Å². The zero-order valence-corrected chi connectivity index (χ0v) is 17.6. The van der Waals surface area contributed by atoms with Gasteiger partial charge in [-0.3, -0.25) is 10.6 Å². The SMILES string of the molecule is CCCC1CN(C(=Nc2ccccc2C)NC#N)CCN1C(=O)Nc1cccs1. The number of aryl methyl sites for hydroxylation is 1. The van der Waals surface area contributed by atoms with Crippen LogP contribution in [0.15, 0.2) is 46.8 Å². The molecule has 0 radical (unpaired) electrons. The first-order valence-corrected chi connectivity index (χ1v) is 10.7. The van der Waals surface area contributed by atoms with Crippen molar-refractivity contribution in [1.29, 1.82) is 5.26 Å². The molecule has 152 valence electrons. The van der Waals surface area contributed by atoms with Crippen LogP contribution < -0.4 is 10.6 Å². The second-order valence-electron chi connectivity index (χ2n) is 6.95. The highest BCUT2D eigenvalue weighted by Crippen LogP contribution is 2.22. The van der Waals surface area contributed by atoms with Crippen LogP contribution in [-0.4, -0.2) is 47.5 Å². The lowest BCUT2D eigenvalue weighted by atomic mass is 10.1. The molecule has 2 N–H and O–H groups in total. The number of nitrogens with zero attached hydrogens (tertiary/aromatic N) is 4. The molecule has 1 aliphatic heterocycles. The van der Waals surface area contributed by atoms with Gasteiger partial charge in [0.15, 0.2) is 6.19 Å². The average Bonchev–Trinajstić information content (AvgIpc) is 3.22. The van der Waals surface area contributed by atoms with Crippen LogP contribution in [0.25, 0.3) is 0 Å². The fourth-order valence-electron chi connectivity index (χ4n) is 3.45. The van der Waals surface area contributed by atoms with Crippen molar-refractivity contribution in [1.82, 2.24) is 15.1 Å². The van der Waals surface area contributed by atoms with Gasteiger partial charge >= 0.3 is 6.03 Å². The summed E-state index contributed by atoms with van der Waals surface area (Å²) in [4.78, 5) is 21.4. The number of guanidine groups is 1. The number of aliphatic imine (C=N–C) groups is 1. The number of rotatable bonds is 4. The Morgan fingerprint density at radius 3 is 2.83 bits per heavy atom. The monoisotopic (exact) mass is 410 g/mol. The molecule has 1 unspecified atom stereocenters. The fraction of sp³-hybridized carbons (Fsp3) is 0.381. The van der Waals surface area contributed by atoms with Crippen LogP contribution in [-0.2, 0) is 0 Å². The third-order valence-corrected chi connectivity index (χ3v) is 5.71. The Morgan fingerprint density at radius 2 is 2.14 bits per heavy atom. The highest BCUT2D eigenvalue weighted by atomic mass is 32.1. The summed E-state index contributed by atoms with van der Waals surface area (Å²) >= 11 is 1.51. The van der Waals surface area contributed by atoms with Gasteiger partial charge in [-0.05, 0) is 42.5 Å². The van der Waals surface area contributed by atoms with Gasteiger partial charge in [-0.15, -0.1) is 11.3 Å². The maximum atomic E-state index is 12.8. The van der Waals surface area contributed by atoms with Crippen molar-refractivity contribution in [3.8, 4) is 6.19 Å². The smallest absolute Gasteiger partial charge is 0.322 e. The summed E-state index contributed by atoms with van der Waals surface area (Å²) in [6.45, 7) is 5.92. The van der Waals surface area contributed by atoms with Gasteiger partial charge in [0.2, 0.25) is 5.96 Å². The number of nitriles is 1. The van der Waals surface area contributed by atoms with E-state index in [1.807, 2.05) is 59.8 Å². The molecule has 7 nitrogen and oxygen atoms in total. The number of amides is 2. The van der Waals surface area contributed by atoms with E-state index in [9.17, 15) is 10.1 Å². The second-order valence-corrected chi connectivity index (χ2v) is 7.90. The van der Waals surface area contributed by atoms with Crippen molar-refractivity contribution in [3.05, 3.63) is 47.3 Å². The van der Waals surface area contributed by atoms with Crippen molar-refractivity contribution < 1.29 is 4.79 Å². The number of para-hydroxylation sites is 1. The van der Waals surface area contributed by atoms with E-state index in [0.717, 1.165) is 29.1 Å². The quantitative estimate of drug-likeness (QED) is 0.343. The van der Waals surface area contributed by atoms with Gasteiger partial charge in [-0.1, -0.05) is 31.5 Å². The van der Waals surface area contributed by atoms with E-state index in [2.05, 4.69) is 27.4 Å².